The molecule has 0 unspecified atom stereocenters. The smallest absolute Gasteiger partial charge is 0.326 e. The number of carbonyl (C=O) groups is 2. The summed E-state index contributed by atoms with van der Waals surface area (Å²) >= 11 is 0. The summed E-state index contributed by atoms with van der Waals surface area (Å²) in [6.45, 7) is 0.0409. The molecule has 8 nitrogen and oxygen atoms in total. The fourth-order valence-electron chi connectivity index (χ4n) is 1.75. The van der Waals surface area contributed by atoms with Gasteiger partial charge in [0.15, 0.2) is 5.76 Å². The van der Waals surface area contributed by atoms with Gasteiger partial charge < -0.3 is 19.9 Å². The van der Waals surface area contributed by atoms with Crippen LogP contribution in [0, 0.1) is 0 Å². The SMILES string of the molecule is O=C(N[C@H](CCO)C(=O)O)c1ccc(Cn2cccn2)o1. The van der Waals surface area contributed by atoms with E-state index >= 15 is 0 Å². The van der Waals surface area contributed by atoms with Crippen LogP contribution in [0.5, 0.6) is 0 Å². The van der Waals surface area contributed by atoms with Crippen LogP contribution in [0.3, 0.4) is 0 Å². The average molecular weight is 293 g/mol. The van der Waals surface area contributed by atoms with Gasteiger partial charge in [0.25, 0.3) is 5.91 Å². The quantitative estimate of drug-likeness (QED) is 0.666. The number of aromatic nitrogens is 2. The number of furan rings is 1. The summed E-state index contributed by atoms with van der Waals surface area (Å²) in [6.07, 6.45) is 3.31. The monoisotopic (exact) mass is 293 g/mol. The zero-order valence-electron chi connectivity index (χ0n) is 11.1. The molecule has 8 heteroatoms. The standard InChI is InChI=1S/C13H15N3O5/c17-7-4-10(13(19)20)15-12(18)11-3-2-9(21-11)8-16-6-1-5-14-16/h1-3,5-6,10,17H,4,7-8H2,(H,15,18)(H,19,20)/t10-/m1/s1. The maximum Gasteiger partial charge on any atom is 0.326 e. The fraction of sp³-hybridized carbons (Fsp3) is 0.308. The van der Waals surface area contributed by atoms with E-state index in [1.165, 1.54) is 6.07 Å². The van der Waals surface area contributed by atoms with Crippen molar-refractivity contribution < 1.29 is 24.2 Å². The molecule has 0 aliphatic carbocycles. The van der Waals surface area contributed by atoms with Gasteiger partial charge in [-0.05, 0) is 18.2 Å². The van der Waals surface area contributed by atoms with Crippen LogP contribution >= 0.6 is 0 Å². The molecule has 0 spiro atoms. The number of aliphatic hydroxyl groups excluding tert-OH is 1. The van der Waals surface area contributed by atoms with Gasteiger partial charge in [-0.2, -0.15) is 5.10 Å². The lowest BCUT2D eigenvalue weighted by atomic mass is 10.2. The van der Waals surface area contributed by atoms with Gasteiger partial charge in [0, 0.05) is 25.4 Å². The number of hydrogen-bond donors (Lipinski definition) is 3. The molecule has 0 saturated heterocycles. The number of carboxylic acid groups (broad SMARTS) is 1. The molecule has 0 radical (unpaired) electrons. The molecule has 2 aromatic heterocycles. The van der Waals surface area contributed by atoms with Crippen LogP contribution in [0.25, 0.3) is 0 Å². The van der Waals surface area contributed by atoms with E-state index in [-0.39, 0.29) is 18.8 Å². The Hall–Kier alpha value is -2.61. The third kappa shape index (κ3) is 3.93. The number of nitrogens with zero attached hydrogens (tertiary/aromatic N) is 2. The highest BCUT2D eigenvalue weighted by Gasteiger charge is 2.21. The van der Waals surface area contributed by atoms with E-state index < -0.39 is 17.9 Å². The Bertz CT molecular complexity index is 605. The van der Waals surface area contributed by atoms with E-state index in [9.17, 15) is 9.59 Å². The van der Waals surface area contributed by atoms with E-state index in [4.69, 9.17) is 14.6 Å². The first-order valence-electron chi connectivity index (χ1n) is 6.31. The molecule has 1 atom stereocenters. The molecule has 2 aromatic rings. The number of aliphatic carboxylic acids is 1. The van der Waals surface area contributed by atoms with Crippen LogP contribution in [0.2, 0.25) is 0 Å². The Morgan fingerprint density at radius 3 is 2.86 bits per heavy atom. The first-order chi connectivity index (χ1) is 10.1. The van der Waals surface area contributed by atoms with Crippen molar-refractivity contribution in [2.45, 2.75) is 19.0 Å². The molecule has 21 heavy (non-hydrogen) atoms. The topological polar surface area (TPSA) is 118 Å². The summed E-state index contributed by atoms with van der Waals surface area (Å²) in [6, 6.07) is 3.70. The van der Waals surface area contributed by atoms with Crippen molar-refractivity contribution in [3.8, 4) is 0 Å². The Balaban J connectivity index is 1.99. The molecule has 3 N–H and O–H groups in total. The van der Waals surface area contributed by atoms with Crippen LogP contribution in [-0.2, 0) is 11.3 Å². The number of carbonyl (C=O) groups excluding carboxylic acids is 1. The van der Waals surface area contributed by atoms with Crippen molar-refractivity contribution in [2.75, 3.05) is 6.61 Å². The normalized spacial score (nSPS) is 12.0. The maximum atomic E-state index is 11.9. The lowest BCUT2D eigenvalue weighted by molar-refractivity contribution is -0.139. The highest BCUT2D eigenvalue weighted by atomic mass is 16.4. The average Bonchev–Trinajstić information content (AvgIpc) is 3.10. The molecule has 0 aliphatic rings. The second kappa shape index (κ2) is 6.71. The minimum atomic E-state index is -1.21. The van der Waals surface area contributed by atoms with E-state index in [0.717, 1.165) is 0 Å². The summed E-state index contributed by atoms with van der Waals surface area (Å²) < 4.78 is 6.98. The third-order valence-corrected chi connectivity index (χ3v) is 2.78. The zero-order valence-corrected chi connectivity index (χ0v) is 11.1. The van der Waals surface area contributed by atoms with Crippen molar-refractivity contribution >= 4 is 11.9 Å². The summed E-state index contributed by atoms with van der Waals surface area (Å²) in [7, 11) is 0. The van der Waals surface area contributed by atoms with Crippen LogP contribution in [0.15, 0.2) is 35.0 Å². The first kappa shape index (κ1) is 14.8. The van der Waals surface area contributed by atoms with Crippen LogP contribution in [0.1, 0.15) is 22.7 Å². The molecule has 1 amide bonds. The second-order valence-corrected chi connectivity index (χ2v) is 4.35. The van der Waals surface area contributed by atoms with Gasteiger partial charge in [0.05, 0.1) is 6.54 Å². The number of rotatable bonds is 7. The van der Waals surface area contributed by atoms with Gasteiger partial charge in [-0.3, -0.25) is 9.48 Å². The lowest BCUT2D eigenvalue weighted by Gasteiger charge is -2.11. The number of hydrogen-bond acceptors (Lipinski definition) is 5. The number of carboxylic acids is 1. The predicted octanol–water partition coefficient (Wildman–Crippen LogP) is 0.0898. The molecule has 2 heterocycles. The van der Waals surface area contributed by atoms with Crippen molar-refractivity contribution in [3.63, 3.8) is 0 Å². The summed E-state index contributed by atoms with van der Waals surface area (Å²) in [5, 5.41) is 24.0. The van der Waals surface area contributed by atoms with E-state index in [2.05, 4.69) is 10.4 Å². The Labute approximate surface area is 120 Å². The van der Waals surface area contributed by atoms with Crippen molar-refractivity contribution in [1.29, 1.82) is 0 Å². The van der Waals surface area contributed by atoms with Gasteiger partial charge >= 0.3 is 5.97 Å². The van der Waals surface area contributed by atoms with E-state index in [0.29, 0.717) is 12.3 Å². The minimum absolute atomic E-state index is 0.0151. The van der Waals surface area contributed by atoms with E-state index in [1.54, 1.807) is 29.2 Å². The zero-order chi connectivity index (χ0) is 15.2. The first-order valence-corrected chi connectivity index (χ1v) is 6.31. The molecule has 0 saturated carbocycles. The van der Waals surface area contributed by atoms with Crippen LogP contribution < -0.4 is 5.32 Å². The Morgan fingerprint density at radius 2 is 2.24 bits per heavy atom. The van der Waals surface area contributed by atoms with Crippen molar-refractivity contribution in [3.05, 3.63) is 42.1 Å². The molecule has 0 aromatic carbocycles. The summed E-state index contributed by atoms with van der Waals surface area (Å²) in [5.74, 6) is -1.30. The molecule has 2 rings (SSSR count). The highest BCUT2D eigenvalue weighted by Crippen LogP contribution is 2.10. The predicted molar refractivity (Wildman–Crippen MR) is 70.6 cm³/mol. The fourth-order valence-corrected chi connectivity index (χ4v) is 1.75. The Kier molecular flexibility index (Phi) is 4.72. The summed E-state index contributed by atoms with van der Waals surface area (Å²) in [4.78, 5) is 22.8. The molecular weight excluding hydrogens is 278 g/mol. The minimum Gasteiger partial charge on any atom is -0.480 e. The van der Waals surface area contributed by atoms with Crippen molar-refractivity contribution in [2.24, 2.45) is 0 Å². The van der Waals surface area contributed by atoms with Gasteiger partial charge in [-0.1, -0.05) is 0 Å². The van der Waals surface area contributed by atoms with Gasteiger partial charge in [0.2, 0.25) is 0 Å². The molecule has 0 bridgehead atoms. The van der Waals surface area contributed by atoms with Gasteiger partial charge in [-0.25, -0.2) is 4.79 Å². The van der Waals surface area contributed by atoms with Crippen LogP contribution in [-0.4, -0.2) is 44.5 Å². The molecule has 0 aliphatic heterocycles. The molecule has 112 valence electrons. The number of amides is 1. The molecule has 0 fully saturated rings. The largest absolute Gasteiger partial charge is 0.480 e. The van der Waals surface area contributed by atoms with Gasteiger partial charge in [-0.15, -0.1) is 0 Å². The Morgan fingerprint density at radius 1 is 1.43 bits per heavy atom. The van der Waals surface area contributed by atoms with E-state index in [1.807, 2.05) is 0 Å². The van der Waals surface area contributed by atoms with Crippen LogP contribution in [0.4, 0.5) is 0 Å². The second-order valence-electron chi connectivity index (χ2n) is 4.35. The lowest BCUT2D eigenvalue weighted by Crippen LogP contribution is -2.41. The summed E-state index contributed by atoms with van der Waals surface area (Å²) in [5.41, 5.74) is 0. The highest BCUT2D eigenvalue weighted by molar-refractivity contribution is 5.94. The van der Waals surface area contributed by atoms with Crippen molar-refractivity contribution in [1.82, 2.24) is 15.1 Å². The third-order valence-electron chi connectivity index (χ3n) is 2.78. The molecular formula is C13H15N3O5. The number of aliphatic hydroxyl groups is 1. The number of nitrogens with one attached hydrogen (secondary N) is 1. The van der Waals surface area contributed by atoms with Gasteiger partial charge in [0.1, 0.15) is 11.8 Å². The maximum absolute atomic E-state index is 11.9.